The van der Waals surface area contributed by atoms with E-state index in [0.29, 0.717) is 0 Å². The second-order valence-electron chi connectivity index (χ2n) is 2.40. The number of carbonyl (C=O) groups excluding carboxylic acids is 1. The van der Waals surface area contributed by atoms with Gasteiger partial charge in [0.1, 0.15) is 12.4 Å². The van der Waals surface area contributed by atoms with Crippen LogP contribution in [0, 0.1) is 11.8 Å². The average Bonchev–Trinajstić information content (AvgIpc) is 2.25. The Morgan fingerprint density at radius 1 is 1.36 bits per heavy atom. The van der Waals surface area contributed by atoms with Crippen molar-refractivity contribution in [1.29, 1.82) is 0 Å². The molecule has 0 saturated carbocycles. The first-order valence-electron chi connectivity index (χ1n) is 4.07. The first-order valence-corrected chi connectivity index (χ1v) is 4.07. The molecule has 1 aromatic rings. The van der Waals surface area contributed by atoms with Crippen LogP contribution in [-0.2, 0) is 9.53 Å². The molecule has 0 N–H and O–H groups in total. The van der Waals surface area contributed by atoms with E-state index in [9.17, 15) is 4.79 Å². The van der Waals surface area contributed by atoms with Gasteiger partial charge in [-0.3, -0.25) is 0 Å². The summed E-state index contributed by atoms with van der Waals surface area (Å²) in [6.07, 6.45) is 0. The molecule has 3 heteroatoms. The first kappa shape index (κ1) is 10.1. The molecule has 0 spiro atoms. The van der Waals surface area contributed by atoms with Crippen molar-refractivity contribution in [3.05, 3.63) is 30.3 Å². The first-order chi connectivity index (χ1) is 6.83. The maximum absolute atomic E-state index is 10.6. The molecular formula is C11H10O3. The average molecular weight is 190 g/mol. The van der Waals surface area contributed by atoms with Crippen LogP contribution in [0.2, 0.25) is 0 Å². The molecule has 0 aliphatic heterocycles. The van der Waals surface area contributed by atoms with Crippen LogP contribution in [0.25, 0.3) is 0 Å². The Balaban J connectivity index is 2.34. The minimum absolute atomic E-state index is 0.180. The van der Waals surface area contributed by atoms with E-state index in [1.54, 1.807) is 0 Å². The lowest BCUT2D eigenvalue weighted by molar-refractivity contribution is -0.133. The molecule has 72 valence electrons. The van der Waals surface area contributed by atoms with Gasteiger partial charge in [0.05, 0.1) is 7.11 Å². The fourth-order valence-corrected chi connectivity index (χ4v) is 0.795. The fourth-order valence-electron chi connectivity index (χ4n) is 0.795. The number of benzene rings is 1. The Kier molecular flexibility index (Phi) is 4.09. The van der Waals surface area contributed by atoms with Crippen LogP contribution in [-0.4, -0.2) is 19.7 Å². The van der Waals surface area contributed by atoms with Gasteiger partial charge in [-0.25, -0.2) is 4.79 Å². The molecule has 0 aliphatic rings. The third-order valence-electron chi connectivity index (χ3n) is 1.43. The lowest BCUT2D eigenvalue weighted by atomic mass is 10.3. The van der Waals surface area contributed by atoms with E-state index in [2.05, 4.69) is 16.6 Å². The van der Waals surface area contributed by atoms with Crippen LogP contribution >= 0.6 is 0 Å². The standard InChI is InChI=1S/C11H10O3/c1-13-11(12)8-5-9-14-10-6-3-2-4-7-10/h2-4,6-7H,9H2,1H3. The van der Waals surface area contributed by atoms with Gasteiger partial charge < -0.3 is 9.47 Å². The van der Waals surface area contributed by atoms with Crippen molar-refractivity contribution in [2.75, 3.05) is 13.7 Å². The van der Waals surface area contributed by atoms with Crippen LogP contribution in [0.1, 0.15) is 0 Å². The predicted molar refractivity (Wildman–Crippen MR) is 51.7 cm³/mol. The second-order valence-corrected chi connectivity index (χ2v) is 2.40. The number of hydrogen-bond donors (Lipinski definition) is 0. The van der Waals surface area contributed by atoms with Crippen molar-refractivity contribution in [2.45, 2.75) is 0 Å². The number of rotatable bonds is 2. The topological polar surface area (TPSA) is 35.5 Å². The molecule has 3 nitrogen and oxygen atoms in total. The maximum atomic E-state index is 10.6. The Hall–Kier alpha value is -1.95. The largest absolute Gasteiger partial charge is 0.481 e. The summed E-state index contributed by atoms with van der Waals surface area (Å²) in [5, 5.41) is 0. The summed E-state index contributed by atoms with van der Waals surface area (Å²) in [6, 6.07) is 9.26. The van der Waals surface area contributed by atoms with Gasteiger partial charge in [-0.15, -0.1) is 0 Å². The summed E-state index contributed by atoms with van der Waals surface area (Å²) < 4.78 is 9.55. The van der Waals surface area contributed by atoms with E-state index in [1.807, 2.05) is 30.3 Å². The number of esters is 1. The van der Waals surface area contributed by atoms with E-state index in [-0.39, 0.29) is 6.61 Å². The predicted octanol–water partition coefficient (Wildman–Crippen LogP) is 1.24. The highest BCUT2D eigenvalue weighted by atomic mass is 16.5. The summed E-state index contributed by atoms with van der Waals surface area (Å²) in [5.74, 6) is 4.98. The smallest absolute Gasteiger partial charge is 0.384 e. The quantitative estimate of drug-likeness (QED) is 0.400. The Morgan fingerprint density at radius 3 is 2.71 bits per heavy atom. The number of ether oxygens (including phenoxy) is 2. The molecule has 0 bridgehead atoms. The van der Waals surface area contributed by atoms with Gasteiger partial charge in [0.25, 0.3) is 0 Å². The van der Waals surface area contributed by atoms with Gasteiger partial charge in [-0.05, 0) is 18.1 Å². The number of hydrogen-bond acceptors (Lipinski definition) is 3. The molecule has 14 heavy (non-hydrogen) atoms. The maximum Gasteiger partial charge on any atom is 0.384 e. The molecule has 0 heterocycles. The molecule has 0 aromatic heterocycles. The highest BCUT2D eigenvalue weighted by Gasteiger charge is 1.89. The normalized spacial score (nSPS) is 8.36. The molecule has 0 radical (unpaired) electrons. The number of para-hydroxylation sites is 1. The SMILES string of the molecule is COC(=O)C#CCOc1ccccc1. The fraction of sp³-hybridized carbons (Fsp3) is 0.182. The molecular weight excluding hydrogens is 180 g/mol. The molecule has 1 aromatic carbocycles. The summed E-state index contributed by atoms with van der Waals surface area (Å²) >= 11 is 0. The summed E-state index contributed by atoms with van der Waals surface area (Å²) in [7, 11) is 1.29. The van der Waals surface area contributed by atoms with Crippen molar-refractivity contribution in [1.82, 2.24) is 0 Å². The third-order valence-corrected chi connectivity index (χ3v) is 1.43. The zero-order valence-electron chi connectivity index (χ0n) is 7.82. The third kappa shape index (κ3) is 3.63. The second kappa shape index (κ2) is 5.65. The van der Waals surface area contributed by atoms with Crippen LogP contribution in [0.3, 0.4) is 0 Å². The minimum Gasteiger partial charge on any atom is -0.481 e. The van der Waals surface area contributed by atoms with E-state index >= 15 is 0 Å². The minimum atomic E-state index is -0.554. The number of carbonyl (C=O) groups is 1. The highest BCUT2D eigenvalue weighted by Crippen LogP contribution is 2.07. The zero-order chi connectivity index (χ0) is 10.2. The van der Waals surface area contributed by atoms with Crippen molar-refractivity contribution in [3.8, 4) is 17.6 Å². The van der Waals surface area contributed by atoms with E-state index < -0.39 is 5.97 Å². The molecule has 0 unspecified atom stereocenters. The van der Waals surface area contributed by atoms with E-state index in [4.69, 9.17) is 4.74 Å². The van der Waals surface area contributed by atoms with Crippen LogP contribution < -0.4 is 4.74 Å². The summed E-state index contributed by atoms with van der Waals surface area (Å²) in [4.78, 5) is 10.6. The Morgan fingerprint density at radius 2 is 2.07 bits per heavy atom. The van der Waals surface area contributed by atoms with E-state index in [0.717, 1.165) is 5.75 Å². The van der Waals surface area contributed by atoms with Gasteiger partial charge in [-0.2, -0.15) is 0 Å². The summed E-state index contributed by atoms with van der Waals surface area (Å²) in [6.45, 7) is 0.180. The van der Waals surface area contributed by atoms with Gasteiger partial charge in [-0.1, -0.05) is 18.2 Å². The van der Waals surface area contributed by atoms with E-state index in [1.165, 1.54) is 7.11 Å². The van der Waals surface area contributed by atoms with Crippen molar-refractivity contribution < 1.29 is 14.3 Å². The van der Waals surface area contributed by atoms with Gasteiger partial charge >= 0.3 is 5.97 Å². The summed E-state index contributed by atoms with van der Waals surface area (Å²) in [5.41, 5.74) is 0. The van der Waals surface area contributed by atoms with Crippen LogP contribution in [0.5, 0.6) is 5.75 Å². The molecule has 1 rings (SSSR count). The highest BCUT2D eigenvalue weighted by molar-refractivity contribution is 5.88. The van der Waals surface area contributed by atoms with Crippen molar-refractivity contribution >= 4 is 5.97 Å². The van der Waals surface area contributed by atoms with Crippen LogP contribution in [0.4, 0.5) is 0 Å². The van der Waals surface area contributed by atoms with Gasteiger partial charge in [0.15, 0.2) is 0 Å². The van der Waals surface area contributed by atoms with Gasteiger partial charge in [0.2, 0.25) is 0 Å². The lowest BCUT2D eigenvalue weighted by Gasteiger charge is -1.99. The monoisotopic (exact) mass is 190 g/mol. The Bertz CT molecular complexity index is 346. The molecule has 0 atom stereocenters. The zero-order valence-corrected chi connectivity index (χ0v) is 7.82. The molecule has 0 aliphatic carbocycles. The lowest BCUT2D eigenvalue weighted by Crippen LogP contribution is -1.98. The van der Waals surface area contributed by atoms with Crippen molar-refractivity contribution in [3.63, 3.8) is 0 Å². The van der Waals surface area contributed by atoms with Gasteiger partial charge in [0, 0.05) is 5.92 Å². The van der Waals surface area contributed by atoms with Crippen LogP contribution in [0.15, 0.2) is 30.3 Å². The Labute approximate surface area is 82.6 Å². The number of methoxy groups -OCH3 is 1. The molecule has 0 amide bonds. The molecule has 0 fully saturated rings. The van der Waals surface area contributed by atoms with Crippen molar-refractivity contribution in [2.24, 2.45) is 0 Å². The molecule has 0 saturated heterocycles.